The average Bonchev–Trinajstić information content (AvgIpc) is 3.19. The van der Waals surface area contributed by atoms with Crippen LogP contribution in [0, 0.1) is 5.82 Å². The maximum absolute atomic E-state index is 14.5. The number of amides is 3. The van der Waals surface area contributed by atoms with Gasteiger partial charge >= 0.3 is 17.9 Å². The monoisotopic (exact) mass is 383 g/mol. The molecule has 1 N–H and O–H groups in total. The van der Waals surface area contributed by atoms with Crippen LogP contribution in [0.15, 0.2) is 6.07 Å². The lowest BCUT2D eigenvalue weighted by molar-refractivity contribution is -0.141. The summed E-state index contributed by atoms with van der Waals surface area (Å²) in [5, 5.41) is 2.60. The Morgan fingerprint density at radius 2 is 2.11 bits per heavy atom. The highest BCUT2D eigenvalue weighted by Crippen LogP contribution is 2.53. The molecule has 0 radical (unpaired) electrons. The van der Waals surface area contributed by atoms with Crippen LogP contribution < -0.4 is 15.1 Å². The number of ether oxygens (including phenoxy) is 1. The van der Waals surface area contributed by atoms with E-state index in [0.29, 0.717) is 4.90 Å². The Morgan fingerprint density at radius 3 is 2.78 bits per heavy atom. The molecule has 0 aromatic heterocycles. The number of anilines is 2. The van der Waals surface area contributed by atoms with E-state index in [1.807, 2.05) is 0 Å². The molecule has 2 atom stereocenters. The van der Waals surface area contributed by atoms with Crippen LogP contribution in [0.4, 0.5) is 29.3 Å². The number of carbonyl (C=O) groups excluding carboxylic acids is 3. The van der Waals surface area contributed by atoms with Gasteiger partial charge in [-0.25, -0.2) is 9.18 Å². The summed E-state index contributed by atoms with van der Waals surface area (Å²) < 4.78 is 48.8. The van der Waals surface area contributed by atoms with Gasteiger partial charge < -0.3 is 15.0 Å². The number of carbonyl (C=O) groups is 3. The SMILES string of the molecule is CCC(=O)NC[C@@H]1OC(=O)N2c3cc(F)c4c(c3C[C@@H]12)C(F)(F)C(=O)N4C. The number of cyclic esters (lactones) is 1. The first-order valence-corrected chi connectivity index (χ1v) is 8.46. The summed E-state index contributed by atoms with van der Waals surface area (Å²) in [6, 6.07) is 0.320. The van der Waals surface area contributed by atoms with Crippen molar-refractivity contribution in [3.63, 3.8) is 0 Å². The van der Waals surface area contributed by atoms with E-state index in [9.17, 15) is 27.6 Å². The number of alkyl halides is 2. The lowest BCUT2D eigenvalue weighted by Gasteiger charge is -2.17. The van der Waals surface area contributed by atoms with Crippen molar-refractivity contribution in [1.82, 2.24) is 5.32 Å². The fourth-order valence-electron chi connectivity index (χ4n) is 3.97. The predicted molar refractivity (Wildman–Crippen MR) is 87.2 cm³/mol. The molecule has 3 aliphatic heterocycles. The van der Waals surface area contributed by atoms with E-state index in [1.165, 1.54) is 0 Å². The van der Waals surface area contributed by atoms with Crippen LogP contribution in [0.25, 0.3) is 0 Å². The van der Waals surface area contributed by atoms with Crippen molar-refractivity contribution >= 4 is 29.3 Å². The Morgan fingerprint density at radius 1 is 1.41 bits per heavy atom. The smallest absolute Gasteiger partial charge is 0.415 e. The van der Waals surface area contributed by atoms with Crippen LogP contribution >= 0.6 is 0 Å². The molecule has 1 aromatic rings. The van der Waals surface area contributed by atoms with Crippen molar-refractivity contribution in [1.29, 1.82) is 0 Å². The van der Waals surface area contributed by atoms with Crippen LogP contribution in [0.1, 0.15) is 24.5 Å². The van der Waals surface area contributed by atoms with Gasteiger partial charge in [0.05, 0.1) is 29.5 Å². The first-order chi connectivity index (χ1) is 12.7. The van der Waals surface area contributed by atoms with Crippen molar-refractivity contribution in [2.75, 3.05) is 23.4 Å². The molecule has 10 heteroatoms. The zero-order valence-corrected chi connectivity index (χ0v) is 14.5. The second-order valence-electron chi connectivity index (χ2n) is 6.74. The van der Waals surface area contributed by atoms with Gasteiger partial charge in [-0.2, -0.15) is 8.78 Å². The summed E-state index contributed by atoms with van der Waals surface area (Å²) in [5.74, 6) is -6.63. The molecule has 0 unspecified atom stereocenters. The highest BCUT2D eigenvalue weighted by molar-refractivity contribution is 6.08. The average molecular weight is 383 g/mol. The number of nitrogens with zero attached hydrogens (tertiary/aromatic N) is 2. The summed E-state index contributed by atoms with van der Waals surface area (Å²) in [6.45, 7) is 1.68. The predicted octanol–water partition coefficient (Wildman–Crippen LogP) is 1.67. The Hall–Kier alpha value is -2.78. The fourth-order valence-corrected chi connectivity index (χ4v) is 3.97. The molecule has 0 bridgehead atoms. The van der Waals surface area contributed by atoms with Crippen molar-refractivity contribution in [2.45, 2.75) is 37.8 Å². The van der Waals surface area contributed by atoms with Crippen molar-refractivity contribution in [2.24, 2.45) is 0 Å². The number of hydrogen-bond donors (Lipinski definition) is 1. The minimum absolute atomic E-state index is 0.0201. The molecule has 3 amide bonds. The Kier molecular flexibility index (Phi) is 3.66. The normalized spacial score (nSPS) is 24.6. The minimum atomic E-state index is -3.87. The second-order valence-corrected chi connectivity index (χ2v) is 6.74. The topological polar surface area (TPSA) is 79.0 Å². The molecule has 0 aliphatic carbocycles. The summed E-state index contributed by atoms with van der Waals surface area (Å²) in [7, 11) is 1.09. The first-order valence-electron chi connectivity index (χ1n) is 8.46. The van der Waals surface area contributed by atoms with Gasteiger partial charge in [-0.3, -0.25) is 14.5 Å². The molecular weight excluding hydrogens is 367 g/mol. The first kappa shape index (κ1) is 17.6. The van der Waals surface area contributed by atoms with Gasteiger partial charge in [0.1, 0.15) is 11.9 Å². The van der Waals surface area contributed by atoms with Gasteiger partial charge in [0.25, 0.3) is 0 Å². The van der Waals surface area contributed by atoms with Crippen molar-refractivity contribution in [3.8, 4) is 0 Å². The van der Waals surface area contributed by atoms with Crippen LogP contribution in [0.2, 0.25) is 0 Å². The van der Waals surface area contributed by atoms with Gasteiger partial charge in [-0.15, -0.1) is 0 Å². The zero-order valence-electron chi connectivity index (χ0n) is 14.5. The number of nitrogens with one attached hydrogen (secondary N) is 1. The third kappa shape index (κ3) is 2.25. The van der Waals surface area contributed by atoms with Crippen molar-refractivity contribution < 1.29 is 32.3 Å². The molecule has 0 spiro atoms. The largest absolute Gasteiger partial charge is 0.442 e. The molecular formula is C17H16F3N3O4. The number of fused-ring (bicyclic) bond motifs is 5. The standard InChI is InChI=1S/C17H16F3N3O4/c1-3-12(24)21-6-11-10-4-7-9(23(10)16(26)27-11)5-8(18)14-13(7)17(19,20)15(25)22(14)2/h5,10-11H,3-4,6H2,1-2H3,(H,21,24)/t10-,11-/m0/s1. The number of benzene rings is 1. The molecule has 3 heterocycles. The molecule has 144 valence electrons. The lowest BCUT2D eigenvalue weighted by Crippen LogP contribution is -2.40. The lowest BCUT2D eigenvalue weighted by atomic mass is 9.96. The van der Waals surface area contributed by atoms with Crippen LogP contribution in [0.3, 0.4) is 0 Å². The third-order valence-corrected chi connectivity index (χ3v) is 5.26. The van der Waals surface area contributed by atoms with Gasteiger partial charge in [0, 0.05) is 19.5 Å². The Balaban J connectivity index is 1.75. The maximum atomic E-state index is 14.5. The summed E-state index contributed by atoms with van der Waals surface area (Å²) in [6.07, 6.45) is -1.33. The minimum Gasteiger partial charge on any atom is -0.442 e. The molecule has 1 saturated heterocycles. The second kappa shape index (κ2) is 5.61. The van der Waals surface area contributed by atoms with Crippen LogP contribution in [-0.4, -0.2) is 43.6 Å². The molecule has 27 heavy (non-hydrogen) atoms. The molecule has 1 fully saturated rings. The van der Waals surface area contributed by atoms with Crippen LogP contribution in [0.5, 0.6) is 0 Å². The van der Waals surface area contributed by atoms with Crippen molar-refractivity contribution in [3.05, 3.63) is 23.0 Å². The molecule has 4 rings (SSSR count). The number of halogens is 3. The maximum Gasteiger partial charge on any atom is 0.415 e. The van der Waals surface area contributed by atoms with E-state index in [2.05, 4.69) is 5.32 Å². The molecule has 7 nitrogen and oxygen atoms in total. The van der Waals surface area contributed by atoms with Crippen LogP contribution in [-0.2, 0) is 26.7 Å². The number of hydrogen-bond acceptors (Lipinski definition) is 4. The van der Waals surface area contributed by atoms with E-state index in [-0.39, 0.29) is 36.5 Å². The summed E-state index contributed by atoms with van der Waals surface area (Å²) in [4.78, 5) is 37.3. The van der Waals surface area contributed by atoms with E-state index in [1.54, 1.807) is 6.92 Å². The van der Waals surface area contributed by atoms with Gasteiger partial charge in [0.2, 0.25) is 5.91 Å². The highest BCUT2D eigenvalue weighted by atomic mass is 19.3. The highest BCUT2D eigenvalue weighted by Gasteiger charge is 2.58. The van der Waals surface area contributed by atoms with Gasteiger partial charge in [-0.05, 0) is 12.0 Å². The quantitative estimate of drug-likeness (QED) is 0.861. The Bertz CT molecular complexity index is 889. The van der Waals surface area contributed by atoms with Gasteiger partial charge in [0.15, 0.2) is 0 Å². The molecule has 0 saturated carbocycles. The van der Waals surface area contributed by atoms with Gasteiger partial charge in [-0.1, -0.05) is 6.92 Å². The molecule has 3 aliphatic rings. The van der Waals surface area contributed by atoms with E-state index >= 15 is 0 Å². The number of likely N-dealkylation sites (N-methyl/N-ethyl adjacent to an activating group) is 1. The molecule has 1 aromatic carbocycles. The number of rotatable bonds is 3. The van der Waals surface area contributed by atoms with E-state index in [0.717, 1.165) is 18.0 Å². The van der Waals surface area contributed by atoms with E-state index in [4.69, 9.17) is 4.74 Å². The summed E-state index contributed by atoms with van der Waals surface area (Å²) >= 11 is 0. The summed E-state index contributed by atoms with van der Waals surface area (Å²) in [5.41, 5.74) is -1.12. The Labute approximate surface area is 152 Å². The zero-order chi connectivity index (χ0) is 19.7. The fraction of sp³-hybridized carbons (Fsp3) is 0.471. The third-order valence-electron chi connectivity index (χ3n) is 5.26. The van der Waals surface area contributed by atoms with E-state index < -0.39 is 47.1 Å².